The van der Waals surface area contributed by atoms with Crippen LogP contribution >= 0.6 is 0 Å². The topological polar surface area (TPSA) is 73.4 Å². The smallest absolute Gasteiger partial charge is 0.227 e. The van der Waals surface area contributed by atoms with E-state index in [0.717, 1.165) is 44.0 Å². The molecule has 1 saturated heterocycles. The zero-order valence-corrected chi connectivity index (χ0v) is 23.3. The fraction of sp³-hybridized carbons (Fsp3) is 0.633. The Labute approximate surface area is 222 Å². The first-order chi connectivity index (χ1) is 17.6. The molecule has 3 unspecified atom stereocenters. The van der Waals surface area contributed by atoms with Gasteiger partial charge in [-0.3, -0.25) is 9.69 Å². The minimum Gasteiger partial charge on any atom is -0.369 e. The zero-order valence-electron chi connectivity index (χ0n) is 23.3. The van der Waals surface area contributed by atoms with Gasteiger partial charge in [-0.1, -0.05) is 34.6 Å². The Morgan fingerprint density at radius 2 is 1.81 bits per heavy atom. The summed E-state index contributed by atoms with van der Waals surface area (Å²) in [7, 11) is 0. The number of benzene rings is 1. The summed E-state index contributed by atoms with van der Waals surface area (Å²) in [5.41, 5.74) is 3.40. The van der Waals surface area contributed by atoms with E-state index in [-0.39, 0.29) is 29.2 Å². The standard InChI is InChI=1S/C30H44N6O/c1-21(2)20-35-14-16-36(17-15-35)25-8-6-23(7-9-25)32-28-31-13-11-24(33-28)19-27(37)34-26-18-22-10-12-30(26,5)29(22,3)4/h6-9,11,13,21-22,26H,10,12,14-20H2,1-5H3,(H,34,37)(H,31,32,33). The highest BCUT2D eigenvalue weighted by molar-refractivity contribution is 5.78. The summed E-state index contributed by atoms with van der Waals surface area (Å²) >= 11 is 0. The molecule has 7 heteroatoms. The summed E-state index contributed by atoms with van der Waals surface area (Å²) < 4.78 is 0. The SMILES string of the molecule is CC(C)CN1CCN(c2ccc(Nc3nccc(CC(=O)NC4CC5CCC4(C)C5(C)C)n3)cc2)CC1. The molecule has 2 saturated carbocycles. The summed E-state index contributed by atoms with van der Waals surface area (Å²) in [6.45, 7) is 17.2. The van der Waals surface area contributed by atoms with E-state index in [4.69, 9.17) is 0 Å². The van der Waals surface area contributed by atoms with Crippen LogP contribution in [-0.4, -0.2) is 59.5 Å². The number of carbonyl (C=O) groups excluding carboxylic acids is 1. The van der Waals surface area contributed by atoms with E-state index in [1.807, 2.05) is 6.07 Å². The second-order valence-electron chi connectivity index (χ2n) is 12.6. The molecule has 2 bridgehead atoms. The number of anilines is 3. The number of nitrogens with zero attached hydrogens (tertiary/aromatic N) is 4. The molecule has 200 valence electrons. The van der Waals surface area contributed by atoms with Crippen molar-refractivity contribution in [3.8, 4) is 0 Å². The minimum atomic E-state index is 0.0528. The second-order valence-corrected chi connectivity index (χ2v) is 12.6. The quantitative estimate of drug-likeness (QED) is 0.534. The van der Waals surface area contributed by atoms with Crippen molar-refractivity contribution in [2.24, 2.45) is 22.7 Å². The lowest BCUT2D eigenvalue weighted by atomic mass is 9.69. The van der Waals surface area contributed by atoms with Gasteiger partial charge in [0.15, 0.2) is 0 Å². The van der Waals surface area contributed by atoms with E-state index in [9.17, 15) is 4.79 Å². The van der Waals surface area contributed by atoms with Gasteiger partial charge in [-0.25, -0.2) is 9.97 Å². The van der Waals surface area contributed by atoms with Gasteiger partial charge >= 0.3 is 0 Å². The Kier molecular flexibility index (Phi) is 7.18. The molecule has 1 aromatic carbocycles. The maximum atomic E-state index is 12.9. The minimum absolute atomic E-state index is 0.0528. The average molecular weight is 505 g/mol. The highest BCUT2D eigenvalue weighted by Crippen LogP contribution is 2.65. The Morgan fingerprint density at radius 1 is 1.08 bits per heavy atom. The van der Waals surface area contributed by atoms with Crippen molar-refractivity contribution in [1.82, 2.24) is 20.2 Å². The number of hydrogen-bond donors (Lipinski definition) is 2. The van der Waals surface area contributed by atoms with Crippen molar-refractivity contribution in [3.63, 3.8) is 0 Å². The van der Waals surface area contributed by atoms with Crippen molar-refractivity contribution in [1.29, 1.82) is 0 Å². The van der Waals surface area contributed by atoms with Crippen LogP contribution in [0.3, 0.4) is 0 Å². The maximum absolute atomic E-state index is 12.9. The van der Waals surface area contributed by atoms with Crippen molar-refractivity contribution >= 4 is 23.2 Å². The zero-order chi connectivity index (χ0) is 26.2. The van der Waals surface area contributed by atoms with Crippen LogP contribution in [0.1, 0.15) is 59.6 Å². The van der Waals surface area contributed by atoms with E-state index in [1.54, 1.807) is 6.20 Å². The van der Waals surface area contributed by atoms with E-state index in [1.165, 1.54) is 25.1 Å². The number of piperazine rings is 1. The van der Waals surface area contributed by atoms with E-state index >= 15 is 0 Å². The van der Waals surface area contributed by atoms with Crippen LogP contribution in [-0.2, 0) is 11.2 Å². The van der Waals surface area contributed by atoms with Crippen LogP contribution in [0.5, 0.6) is 0 Å². The van der Waals surface area contributed by atoms with Gasteiger partial charge in [0.1, 0.15) is 0 Å². The first-order valence-electron chi connectivity index (χ1n) is 14.1. The second kappa shape index (κ2) is 10.2. The molecule has 2 heterocycles. The molecule has 3 fully saturated rings. The van der Waals surface area contributed by atoms with Crippen LogP contribution < -0.4 is 15.5 Å². The van der Waals surface area contributed by atoms with Crippen molar-refractivity contribution in [2.75, 3.05) is 42.9 Å². The molecule has 5 rings (SSSR count). The normalized spacial score (nSPS) is 27.0. The molecule has 3 atom stereocenters. The molecule has 3 aliphatic rings. The van der Waals surface area contributed by atoms with Gasteiger partial charge in [-0.2, -0.15) is 0 Å². The third-order valence-electron chi connectivity index (χ3n) is 9.67. The maximum Gasteiger partial charge on any atom is 0.227 e. The van der Waals surface area contributed by atoms with E-state index in [2.05, 4.69) is 89.3 Å². The van der Waals surface area contributed by atoms with Crippen LogP contribution in [0, 0.1) is 22.7 Å². The molecule has 1 aliphatic heterocycles. The molecule has 1 amide bonds. The average Bonchev–Trinajstić information content (AvgIpc) is 3.18. The number of hydrogen-bond acceptors (Lipinski definition) is 6. The Balaban J connectivity index is 1.14. The first kappa shape index (κ1) is 26.0. The van der Waals surface area contributed by atoms with Gasteiger partial charge in [0.2, 0.25) is 11.9 Å². The van der Waals surface area contributed by atoms with Crippen LogP contribution in [0.4, 0.5) is 17.3 Å². The molecular weight excluding hydrogens is 460 g/mol. The summed E-state index contributed by atoms with van der Waals surface area (Å²) in [4.78, 5) is 26.9. The number of carbonyl (C=O) groups is 1. The predicted octanol–water partition coefficient (Wildman–Crippen LogP) is 4.87. The van der Waals surface area contributed by atoms with Gasteiger partial charge in [0.05, 0.1) is 12.1 Å². The summed E-state index contributed by atoms with van der Waals surface area (Å²) in [6.07, 6.45) is 5.58. The third kappa shape index (κ3) is 5.33. The fourth-order valence-electron chi connectivity index (χ4n) is 6.98. The lowest BCUT2D eigenvalue weighted by Crippen LogP contribution is -2.47. The predicted molar refractivity (Wildman–Crippen MR) is 150 cm³/mol. The molecular formula is C30H44N6O. The van der Waals surface area contributed by atoms with Crippen LogP contribution in [0.2, 0.25) is 0 Å². The fourth-order valence-corrected chi connectivity index (χ4v) is 6.98. The molecule has 0 spiro atoms. The lowest BCUT2D eigenvalue weighted by Gasteiger charge is -2.39. The molecule has 2 aromatic rings. The number of amides is 1. The summed E-state index contributed by atoms with van der Waals surface area (Å²) in [5.74, 6) is 1.99. The van der Waals surface area contributed by atoms with Gasteiger partial charge in [-0.05, 0) is 72.3 Å². The summed E-state index contributed by atoms with van der Waals surface area (Å²) in [5, 5.41) is 6.65. The molecule has 7 nitrogen and oxygen atoms in total. The van der Waals surface area contributed by atoms with Gasteiger partial charge in [-0.15, -0.1) is 0 Å². The molecule has 1 aromatic heterocycles. The molecule has 2 N–H and O–H groups in total. The number of rotatable bonds is 8. The first-order valence-corrected chi connectivity index (χ1v) is 14.1. The van der Waals surface area contributed by atoms with Crippen LogP contribution in [0.15, 0.2) is 36.5 Å². The monoisotopic (exact) mass is 504 g/mol. The van der Waals surface area contributed by atoms with E-state index in [0.29, 0.717) is 17.8 Å². The number of aromatic nitrogens is 2. The van der Waals surface area contributed by atoms with Crippen LogP contribution in [0.25, 0.3) is 0 Å². The highest BCUT2D eigenvalue weighted by atomic mass is 16.1. The Morgan fingerprint density at radius 3 is 2.43 bits per heavy atom. The highest BCUT2D eigenvalue weighted by Gasteiger charge is 2.61. The van der Waals surface area contributed by atoms with Crippen molar-refractivity contribution in [3.05, 3.63) is 42.2 Å². The Bertz CT molecular complexity index is 1090. The molecule has 2 aliphatic carbocycles. The molecule has 0 radical (unpaired) electrons. The number of fused-ring (bicyclic) bond motifs is 2. The number of nitrogens with one attached hydrogen (secondary N) is 2. The molecule has 37 heavy (non-hydrogen) atoms. The van der Waals surface area contributed by atoms with Gasteiger partial charge < -0.3 is 15.5 Å². The Hall–Kier alpha value is -2.67. The third-order valence-corrected chi connectivity index (χ3v) is 9.67. The van der Waals surface area contributed by atoms with Gasteiger partial charge in [0.25, 0.3) is 0 Å². The lowest BCUT2D eigenvalue weighted by molar-refractivity contribution is -0.122. The van der Waals surface area contributed by atoms with Crippen molar-refractivity contribution in [2.45, 2.75) is 66.3 Å². The largest absolute Gasteiger partial charge is 0.369 e. The van der Waals surface area contributed by atoms with Crippen molar-refractivity contribution < 1.29 is 4.79 Å². The van der Waals surface area contributed by atoms with Gasteiger partial charge in [0, 0.05) is 56.3 Å². The summed E-state index contributed by atoms with van der Waals surface area (Å²) in [6, 6.07) is 10.6. The van der Waals surface area contributed by atoms with E-state index < -0.39 is 0 Å².